The van der Waals surface area contributed by atoms with E-state index in [1.165, 1.54) is 0 Å². The molecule has 0 radical (unpaired) electrons. The third-order valence-corrected chi connectivity index (χ3v) is 4.13. The van der Waals surface area contributed by atoms with E-state index in [4.69, 9.17) is 0 Å². The van der Waals surface area contributed by atoms with Crippen LogP contribution in [-0.4, -0.2) is 43.7 Å². The highest BCUT2D eigenvalue weighted by Crippen LogP contribution is 2.26. The molecule has 6 heteroatoms. The average Bonchev–Trinajstić information content (AvgIpc) is 3.00. The molecule has 1 fully saturated rings. The van der Waals surface area contributed by atoms with Crippen molar-refractivity contribution >= 4 is 11.5 Å². The molecule has 1 aliphatic rings. The summed E-state index contributed by atoms with van der Waals surface area (Å²) in [6, 6.07) is 3.94. The molecule has 0 unspecified atom stereocenters. The number of aliphatic hydroxyl groups is 1. The third-order valence-electron chi connectivity index (χ3n) is 4.13. The van der Waals surface area contributed by atoms with E-state index < -0.39 is 0 Å². The lowest BCUT2D eigenvalue weighted by atomic mass is 10.1. The Bertz CT molecular complexity index is 778. The van der Waals surface area contributed by atoms with Gasteiger partial charge in [-0.3, -0.25) is 9.38 Å². The van der Waals surface area contributed by atoms with Gasteiger partial charge in [0.15, 0.2) is 11.5 Å². The molecule has 0 aliphatic carbocycles. The quantitative estimate of drug-likeness (QED) is 0.780. The second-order valence-corrected chi connectivity index (χ2v) is 5.55. The minimum Gasteiger partial charge on any atom is -0.393 e. The molecule has 3 aromatic rings. The largest absolute Gasteiger partial charge is 0.393 e. The number of piperidine rings is 1. The Hall–Kier alpha value is -2.47. The average molecular weight is 295 g/mol. The van der Waals surface area contributed by atoms with Gasteiger partial charge in [0.25, 0.3) is 0 Å². The Morgan fingerprint density at radius 2 is 1.95 bits per heavy atom. The van der Waals surface area contributed by atoms with E-state index in [1.54, 1.807) is 12.4 Å². The van der Waals surface area contributed by atoms with Gasteiger partial charge in [-0.2, -0.15) is 0 Å². The molecule has 0 saturated carbocycles. The number of hydrogen-bond donors (Lipinski definition) is 1. The second-order valence-electron chi connectivity index (χ2n) is 5.55. The van der Waals surface area contributed by atoms with Gasteiger partial charge < -0.3 is 10.0 Å². The summed E-state index contributed by atoms with van der Waals surface area (Å²) >= 11 is 0. The summed E-state index contributed by atoms with van der Waals surface area (Å²) in [6.07, 6.45) is 10.5. The monoisotopic (exact) mass is 295 g/mol. The Morgan fingerprint density at radius 1 is 1.09 bits per heavy atom. The Morgan fingerprint density at radius 3 is 2.73 bits per heavy atom. The highest BCUT2D eigenvalue weighted by atomic mass is 16.3. The van der Waals surface area contributed by atoms with Crippen molar-refractivity contribution in [3.63, 3.8) is 0 Å². The van der Waals surface area contributed by atoms with Gasteiger partial charge in [-0.1, -0.05) is 0 Å². The third kappa shape index (κ3) is 2.21. The summed E-state index contributed by atoms with van der Waals surface area (Å²) in [5.74, 6) is 0.879. The van der Waals surface area contributed by atoms with Gasteiger partial charge in [0, 0.05) is 43.4 Å². The van der Waals surface area contributed by atoms with Crippen LogP contribution in [0.5, 0.6) is 0 Å². The lowest BCUT2D eigenvalue weighted by molar-refractivity contribution is 0.145. The zero-order valence-electron chi connectivity index (χ0n) is 12.1. The van der Waals surface area contributed by atoms with Crippen LogP contribution in [0.25, 0.3) is 16.9 Å². The minimum absolute atomic E-state index is 0.193. The first-order chi connectivity index (χ1) is 10.8. The molecule has 1 saturated heterocycles. The van der Waals surface area contributed by atoms with Crippen LogP contribution in [0.15, 0.2) is 43.1 Å². The summed E-state index contributed by atoms with van der Waals surface area (Å²) in [5.41, 5.74) is 2.88. The van der Waals surface area contributed by atoms with E-state index in [0.717, 1.165) is 48.7 Å². The number of rotatable bonds is 2. The second kappa shape index (κ2) is 5.38. The minimum atomic E-state index is -0.193. The lowest BCUT2D eigenvalue weighted by Gasteiger charge is -2.30. The smallest absolute Gasteiger partial charge is 0.180 e. The van der Waals surface area contributed by atoms with Crippen molar-refractivity contribution in [2.75, 3.05) is 18.0 Å². The van der Waals surface area contributed by atoms with E-state index >= 15 is 0 Å². The van der Waals surface area contributed by atoms with Gasteiger partial charge in [0.1, 0.15) is 0 Å². The molecule has 1 N–H and O–H groups in total. The van der Waals surface area contributed by atoms with Gasteiger partial charge in [-0.15, -0.1) is 0 Å². The first-order valence-electron chi connectivity index (χ1n) is 7.48. The molecule has 22 heavy (non-hydrogen) atoms. The van der Waals surface area contributed by atoms with Crippen LogP contribution in [0.4, 0.5) is 5.82 Å². The van der Waals surface area contributed by atoms with Crippen LogP contribution in [0.3, 0.4) is 0 Å². The van der Waals surface area contributed by atoms with E-state index in [-0.39, 0.29) is 6.10 Å². The Labute approximate surface area is 128 Å². The number of anilines is 1. The van der Waals surface area contributed by atoms with Crippen molar-refractivity contribution in [2.24, 2.45) is 0 Å². The van der Waals surface area contributed by atoms with E-state index in [2.05, 4.69) is 19.9 Å². The fraction of sp³-hybridized carbons (Fsp3) is 0.312. The predicted molar refractivity (Wildman–Crippen MR) is 83.7 cm³/mol. The van der Waals surface area contributed by atoms with Crippen LogP contribution < -0.4 is 4.90 Å². The van der Waals surface area contributed by atoms with Crippen LogP contribution in [0, 0.1) is 0 Å². The van der Waals surface area contributed by atoms with Crippen molar-refractivity contribution in [2.45, 2.75) is 18.9 Å². The van der Waals surface area contributed by atoms with Crippen molar-refractivity contribution in [3.8, 4) is 11.3 Å². The number of fused-ring (bicyclic) bond motifs is 1. The summed E-state index contributed by atoms with van der Waals surface area (Å²) in [5, 5.41) is 9.67. The number of hydrogen-bond acceptors (Lipinski definition) is 5. The summed E-state index contributed by atoms with van der Waals surface area (Å²) in [6.45, 7) is 1.62. The van der Waals surface area contributed by atoms with Crippen LogP contribution in [-0.2, 0) is 0 Å². The highest BCUT2D eigenvalue weighted by Gasteiger charge is 2.21. The van der Waals surface area contributed by atoms with Crippen molar-refractivity contribution in [3.05, 3.63) is 43.1 Å². The van der Waals surface area contributed by atoms with Crippen LogP contribution in [0.1, 0.15) is 12.8 Å². The zero-order valence-corrected chi connectivity index (χ0v) is 12.1. The molecule has 3 aromatic heterocycles. The highest BCUT2D eigenvalue weighted by molar-refractivity contribution is 5.71. The molecule has 0 amide bonds. The van der Waals surface area contributed by atoms with Crippen molar-refractivity contribution in [1.82, 2.24) is 19.4 Å². The van der Waals surface area contributed by atoms with Gasteiger partial charge in [-0.25, -0.2) is 9.97 Å². The molecule has 1 aliphatic heterocycles. The van der Waals surface area contributed by atoms with Gasteiger partial charge >= 0.3 is 0 Å². The summed E-state index contributed by atoms with van der Waals surface area (Å²) in [4.78, 5) is 15.4. The topological polar surface area (TPSA) is 66.5 Å². The number of pyridine rings is 1. The molecule has 0 atom stereocenters. The Kier molecular flexibility index (Phi) is 3.23. The number of imidazole rings is 1. The first kappa shape index (κ1) is 13.2. The SMILES string of the molecule is OC1CCN(c2nccn3c(-c4cccnc4)cnc23)CC1. The number of aromatic nitrogens is 4. The predicted octanol–water partition coefficient (Wildman–Crippen LogP) is 1.75. The maximum Gasteiger partial charge on any atom is 0.180 e. The van der Waals surface area contributed by atoms with Gasteiger partial charge in [0.05, 0.1) is 18.0 Å². The van der Waals surface area contributed by atoms with Gasteiger partial charge in [0.2, 0.25) is 0 Å². The first-order valence-corrected chi connectivity index (χ1v) is 7.48. The number of nitrogens with zero attached hydrogens (tertiary/aromatic N) is 5. The molecule has 6 nitrogen and oxygen atoms in total. The van der Waals surface area contributed by atoms with E-state index in [0.29, 0.717) is 0 Å². The van der Waals surface area contributed by atoms with Crippen LogP contribution >= 0.6 is 0 Å². The molecule has 4 rings (SSSR count). The fourth-order valence-electron chi connectivity index (χ4n) is 2.93. The zero-order chi connectivity index (χ0) is 14.9. The fourth-order valence-corrected chi connectivity index (χ4v) is 2.93. The van der Waals surface area contributed by atoms with Crippen molar-refractivity contribution < 1.29 is 5.11 Å². The molecule has 0 aromatic carbocycles. The molecule has 0 spiro atoms. The van der Waals surface area contributed by atoms with Crippen LogP contribution in [0.2, 0.25) is 0 Å². The molecule has 0 bridgehead atoms. The maximum absolute atomic E-state index is 9.67. The van der Waals surface area contributed by atoms with Gasteiger partial charge in [-0.05, 0) is 25.0 Å². The molecular weight excluding hydrogens is 278 g/mol. The molecular formula is C16H17N5O. The molecule has 4 heterocycles. The lowest BCUT2D eigenvalue weighted by Crippen LogP contribution is -2.36. The van der Waals surface area contributed by atoms with Crippen molar-refractivity contribution in [1.29, 1.82) is 0 Å². The number of aliphatic hydroxyl groups excluding tert-OH is 1. The summed E-state index contributed by atoms with van der Waals surface area (Å²) in [7, 11) is 0. The standard InChI is InChI=1S/C16H17N5O/c22-13-3-7-20(8-4-13)15-16-19-11-14(21(16)9-6-18-15)12-2-1-5-17-10-12/h1-2,5-6,9-11,13,22H,3-4,7-8H2. The maximum atomic E-state index is 9.67. The van der Waals surface area contributed by atoms with E-state index in [1.807, 2.05) is 35.1 Å². The van der Waals surface area contributed by atoms with E-state index in [9.17, 15) is 5.11 Å². The Balaban J connectivity index is 1.77. The normalized spacial score (nSPS) is 16.3. The molecule has 112 valence electrons. The summed E-state index contributed by atoms with van der Waals surface area (Å²) < 4.78 is 2.05.